The Morgan fingerprint density at radius 2 is 1.96 bits per heavy atom. The average Bonchev–Trinajstić information content (AvgIpc) is 3.01. The van der Waals surface area contributed by atoms with E-state index in [9.17, 15) is 18.4 Å². The monoisotopic (exact) mass is 397 g/mol. The quantitative estimate of drug-likeness (QED) is 0.743. The van der Waals surface area contributed by atoms with Crippen LogP contribution in [0.3, 0.4) is 0 Å². The van der Waals surface area contributed by atoms with Crippen molar-refractivity contribution >= 4 is 12.1 Å². The molecule has 0 aliphatic heterocycles. The van der Waals surface area contributed by atoms with Gasteiger partial charge in [-0.3, -0.25) is 4.68 Å². The van der Waals surface area contributed by atoms with E-state index in [1.165, 1.54) is 23.0 Å². The van der Waals surface area contributed by atoms with Crippen molar-refractivity contribution in [3.8, 4) is 16.9 Å². The zero-order valence-corrected chi connectivity index (χ0v) is 15.6. The van der Waals surface area contributed by atoms with Gasteiger partial charge in [-0.05, 0) is 44.5 Å². The van der Waals surface area contributed by atoms with Gasteiger partial charge < -0.3 is 19.9 Å². The molecule has 1 amide bonds. The van der Waals surface area contributed by atoms with E-state index in [1.54, 1.807) is 27.0 Å². The third-order valence-electron chi connectivity index (χ3n) is 3.35. The lowest BCUT2D eigenvalue weighted by molar-refractivity contribution is -0.0498. The number of amides is 1. The molecule has 0 aliphatic rings. The molecule has 0 aliphatic carbocycles. The van der Waals surface area contributed by atoms with Crippen LogP contribution in [0.25, 0.3) is 11.1 Å². The number of alkyl carbamates (subject to hydrolysis) is 1. The van der Waals surface area contributed by atoms with Gasteiger partial charge in [-0.15, -0.1) is 0 Å². The third kappa shape index (κ3) is 6.53. The third-order valence-corrected chi connectivity index (χ3v) is 3.35. The number of nitrogens with zero attached hydrogens (tertiary/aromatic N) is 2. The molecule has 0 saturated heterocycles. The number of carbonyl (C=O) groups is 2. The number of ether oxygens (including phenoxy) is 2. The van der Waals surface area contributed by atoms with Gasteiger partial charge in [0.05, 0.1) is 18.3 Å². The summed E-state index contributed by atoms with van der Waals surface area (Å²) in [6, 6.07) is 3.66. The first-order valence-corrected chi connectivity index (χ1v) is 8.36. The summed E-state index contributed by atoms with van der Waals surface area (Å²) >= 11 is 0. The summed E-state index contributed by atoms with van der Waals surface area (Å²) in [4.78, 5) is 22.8. The second-order valence-corrected chi connectivity index (χ2v) is 6.85. The minimum absolute atomic E-state index is 0.188. The first kappa shape index (κ1) is 21.1. The van der Waals surface area contributed by atoms with Gasteiger partial charge in [0, 0.05) is 18.3 Å². The number of carboxylic acid groups (broad SMARTS) is 1. The molecule has 0 saturated carbocycles. The molecular weight excluding hydrogens is 376 g/mol. The van der Waals surface area contributed by atoms with Crippen molar-refractivity contribution in [2.45, 2.75) is 39.5 Å². The maximum absolute atomic E-state index is 12.5. The normalized spacial score (nSPS) is 11.4. The Morgan fingerprint density at radius 3 is 2.57 bits per heavy atom. The van der Waals surface area contributed by atoms with Crippen LogP contribution in [-0.4, -0.2) is 45.7 Å². The molecule has 1 aromatic heterocycles. The number of hydrogen-bond acceptors (Lipinski definition) is 5. The molecule has 2 rings (SSSR count). The number of carboxylic acids is 1. The van der Waals surface area contributed by atoms with Crippen molar-refractivity contribution in [3.63, 3.8) is 0 Å². The number of aromatic nitrogens is 2. The number of alkyl halides is 2. The Labute approximate surface area is 160 Å². The fourth-order valence-corrected chi connectivity index (χ4v) is 2.28. The highest BCUT2D eigenvalue weighted by Crippen LogP contribution is 2.27. The molecule has 2 aromatic rings. The highest BCUT2D eigenvalue weighted by molar-refractivity contribution is 5.90. The zero-order chi connectivity index (χ0) is 20.9. The Hall–Kier alpha value is -3.17. The molecular formula is C18H21F2N3O5. The number of hydrogen-bond donors (Lipinski definition) is 2. The number of nitrogens with one attached hydrogen (secondary N) is 1. The maximum Gasteiger partial charge on any atom is 0.407 e. The number of rotatable bonds is 7. The summed E-state index contributed by atoms with van der Waals surface area (Å²) in [5.74, 6) is -1.53. The number of benzene rings is 1. The zero-order valence-electron chi connectivity index (χ0n) is 15.6. The molecule has 1 heterocycles. The SMILES string of the molecule is CC(C)(C)OC(=O)NCCn1cc(-c2cc(OC(F)F)cc(C(=O)O)c2)cn1. The summed E-state index contributed by atoms with van der Waals surface area (Å²) in [7, 11) is 0. The molecule has 0 fully saturated rings. The van der Waals surface area contributed by atoms with E-state index >= 15 is 0 Å². The average molecular weight is 397 g/mol. The van der Waals surface area contributed by atoms with Gasteiger partial charge in [0.1, 0.15) is 11.4 Å². The number of aromatic carboxylic acids is 1. The topological polar surface area (TPSA) is 103 Å². The molecule has 8 nitrogen and oxygen atoms in total. The van der Waals surface area contributed by atoms with Gasteiger partial charge in [-0.25, -0.2) is 9.59 Å². The molecule has 0 bridgehead atoms. The molecule has 0 spiro atoms. The fraction of sp³-hybridized carbons (Fsp3) is 0.389. The molecule has 10 heteroatoms. The smallest absolute Gasteiger partial charge is 0.407 e. The van der Waals surface area contributed by atoms with Crippen molar-refractivity contribution in [2.24, 2.45) is 0 Å². The largest absolute Gasteiger partial charge is 0.478 e. The predicted molar refractivity (Wildman–Crippen MR) is 95.5 cm³/mol. The molecule has 0 atom stereocenters. The van der Waals surface area contributed by atoms with E-state index in [1.807, 2.05) is 0 Å². The van der Waals surface area contributed by atoms with E-state index < -0.39 is 24.3 Å². The Balaban J connectivity index is 2.07. The van der Waals surface area contributed by atoms with E-state index in [-0.39, 0.29) is 17.9 Å². The summed E-state index contributed by atoms with van der Waals surface area (Å²) in [6.07, 6.45) is 2.51. The van der Waals surface area contributed by atoms with E-state index in [0.717, 1.165) is 6.07 Å². The van der Waals surface area contributed by atoms with Crippen molar-refractivity contribution < 1.29 is 33.0 Å². The predicted octanol–water partition coefficient (Wildman–Crippen LogP) is 3.37. The lowest BCUT2D eigenvalue weighted by Crippen LogP contribution is -2.34. The van der Waals surface area contributed by atoms with Gasteiger partial charge in [-0.2, -0.15) is 13.9 Å². The minimum atomic E-state index is -3.07. The Bertz CT molecular complexity index is 846. The van der Waals surface area contributed by atoms with Crippen molar-refractivity contribution in [3.05, 3.63) is 36.2 Å². The standard InChI is InChI=1S/C18H21F2N3O5/c1-18(2,3)28-17(26)21-4-5-23-10-13(9-22-23)11-6-12(15(24)25)8-14(7-11)27-16(19)20/h6-10,16H,4-5H2,1-3H3,(H,21,26)(H,24,25). The lowest BCUT2D eigenvalue weighted by Gasteiger charge is -2.19. The highest BCUT2D eigenvalue weighted by atomic mass is 19.3. The number of carbonyl (C=O) groups excluding carboxylic acids is 1. The van der Waals surface area contributed by atoms with Gasteiger partial charge >= 0.3 is 18.7 Å². The van der Waals surface area contributed by atoms with Crippen molar-refractivity contribution in [1.29, 1.82) is 0 Å². The molecule has 1 aromatic carbocycles. The van der Waals surface area contributed by atoms with Gasteiger partial charge in [0.25, 0.3) is 0 Å². The van der Waals surface area contributed by atoms with Crippen LogP contribution in [0, 0.1) is 0 Å². The summed E-state index contributed by atoms with van der Waals surface area (Å²) < 4.78 is 35.9. The van der Waals surface area contributed by atoms with Gasteiger partial charge in [0.2, 0.25) is 0 Å². The van der Waals surface area contributed by atoms with Crippen LogP contribution in [0.5, 0.6) is 5.75 Å². The first-order valence-electron chi connectivity index (χ1n) is 8.36. The van der Waals surface area contributed by atoms with Gasteiger partial charge in [-0.1, -0.05) is 0 Å². The molecule has 0 radical (unpaired) electrons. The second kappa shape index (κ2) is 8.68. The van der Waals surface area contributed by atoms with E-state index in [0.29, 0.717) is 17.7 Å². The van der Waals surface area contributed by atoms with Crippen LogP contribution in [0.4, 0.5) is 13.6 Å². The van der Waals surface area contributed by atoms with Crippen LogP contribution in [-0.2, 0) is 11.3 Å². The minimum Gasteiger partial charge on any atom is -0.478 e. The van der Waals surface area contributed by atoms with E-state index in [2.05, 4.69) is 15.2 Å². The van der Waals surface area contributed by atoms with Crippen molar-refractivity contribution in [2.75, 3.05) is 6.54 Å². The number of halogens is 2. The van der Waals surface area contributed by atoms with Crippen LogP contribution in [0.15, 0.2) is 30.6 Å². The molecule has 152 valence electrons. The first-order chi connectivity index (χ1) is 13.0. The van der Waals surface area contributed by atoms with Crippen LogP contribution in [0.1, 0.15) is 31.1 Å². The second-order valence-electron chi connectivity index (χ2n) is 6.85. The summed E-state index contributed by atoms with van der Waals surface area (Å²) in [6.45, 7) is 2.78. The van der Waals surface area contributed by atoms with Crippen LogP contribution >= 0.6 is 0 Å². The Morgan fingerprint density at radius 1 is 1.25 bits per heavy atom. The Kier molecular flexibility index (Phi) is 6.55. The highest BCUT2D eigenvalue weighted by Gasteiger charge is 2.16. The molecule has 2 N–H and O–H groups in total. The van der Waals surface area contributed by atoms with E-state index in [4.69, 9.17) is 9.84 Å². The molecule has 28 heavy (non-hydrogen) atoms. The van der Waals surface area contributed by atoms with Crippen LogP contribution < -0.4 is 10.1 Å². The van der Waals surface area contributed by atoms with Crippen LogP contribution in [0.2, 0.25) is 0 Å². The molecule has 0 unspecified atom stereocenters. The lowest BCUT2D eigenvalue weighted by atomic mass is 10.1. The summed E-state index contributed by atoms with van der Waals surface area (Å²) in [5, 5.41) is 15.9. The summed E-state index contributed by atoms with van der Waals surface area (Å²) in [5.41, 5.74) is 0.0877. The van der Waals surface area contributed by atoms with Gasteiger partial charge in [0.15, 0.2) is 0 Å². The fourth-order valence-electron chi connectivity index (χ4n) is 2.28. The maximum atomic E-state index is 12.5. The van der Waals surface area contributed by atoms with Crippen molar-refractivity contribution in [1.82, 2.24) is 15.1 Å².